The van der Waals surface area contributed by atoms with Crippen molar-refractivity contribution in [3.63, 3.8) is 0 Å². The summed E-state index contributed by atoms with van der Waals surface area (Å²) < 4.78 is 7.59. The van der Waals surface area contributed by atoms with Gasteiger partial charge in [-0.1, -0.05) is 48.2 Å². The lowest BCUT2D eigenvalue weighted by atomic mass is 10.2. The third kappa shape index (κ3) is 5.10. The summed E-state index contributed by atoms with van der Waals surface area (Å²) in [6.45, 7) is 2.48. The van der Waals surface area contributed by atoms with Crippen molar-refractivity contribution in [2.75, 3.05) is 12.4 Å². The standard InChI is InChI=1S/C20H22N4O2S/c1-15(21-19(25)16-9-5-3-6-10-16)18-22-23-20(24(18)2)27-14-13-26-17-11-7-4-8-12-17/h3-12,15H,13-14H2,1-2H3,(H,21,25)/t15-/m1/s1. The molecule has 0 radical (unpaired) electrons. The number of carbonyl (C=O) groups is 1. The van der Waals surface area contributed by atoms with Gasteiger partial charge < -0.3 is 14.6 Å². The smallest absolute Gasteiger partial charge is 0.251 e. The summed E-state index contributed by atoms with van der Waals surface area (Å²) in [6, 6.07) is 18.6. The van der Waals surface area contributed by atoms with Crippen molar-refractivity contribution in [3.8, 4) is 5.75 Å². The minimum Gasteiger partial charge on any atom is -0.493 e. The first-order valence-corrected chi connectivity index (χ1v) is 9.69. The van der Waals surface area contributed by atoms with Gasteiger partial charge in [0.2, 0.25) is 0 Å². The van der Waals surface area contributed by atoms with Crippen molar-refractivity contribution in [1.82, 2.24) is 20.1 Å². The molecule has 0 aliphatic heterocycles. The topological polar surface area (TPSA) is 69.0 Å². The molecule has 0 fully saturated rings. The van der Waals surface area contributed by atoms with Gasteiger partial charge in [0, 0.05) is 18.4 Å². The van der Waals surface area contributed by atoms with E-state index < -0.39 is 0 Å². The van der Waals surface area contributed by atoms with Crippen molar-refractivity contribution in [2.24, 2.45) is 7.05 Å². The maximum absolute atomic E-state index is 12.3. The average Bonchev–Trinajstić information content (AvgIpc) is 3.07. The predicted molar refractivity (Wildman–Crippen MR) is 106 cm³/mol. The van der Waals surface area contributed by atoms with Gasteiger partial charge in [-0.15, -0.1) is 10.2 Å². The Morgan fingerprint density at radius 2 is 1.78 bits per heavy atom. The Bertz CT molecular complexity index is 868. The lowest BCUT2D eigenvalue weighted by molar-refractivity contribution is 0.0937. The number of ether oxygens (including phenoxy) is 1. The quantitative estimate of drug-likeness (QED) is 0.477. The first kappa shape index (κ1) is 19.0. The summed E-state index contributed by atoms with van der Waals surface area (Å²) in [7, 11) is 1.90. The number of carbonyl (C=O) groups excluding carboxylic acids is 1. The van der Waals surface area contributed by atoms with Gasteiger partial charge in [0.25, 0.3) is 5.91 Å². The zero-order chi connectivity index (χ0) is 19.1. The number of nitrogens with one attached hydrogen (secondary N) is 1. The molecule has 1 atom stereocenters. The highest BCUT2D eigenvalue weighted by atomic mass is 32.2. The molecule has 0 saturated heterocycles. The second-order valence-electron chi connectivity index (χ2n) is 5.97. The lowest BCUT2D eigenvalue weighted by Crippen LogP contribution is -2.28. The molecule has 7 heteroatoms. The number of amides is 1. The van der Waals surface area contributed by atoms with Crippen LogP contribution >= 0.6 is 11.8 Å². The van der Waals surface area contributed by atoms with Crippen molar-refractivity contribution in [2.45, 2.75) is 18.1 Å². The fourth-order valence-electron chi connectivity index (χ4n) is 2.57. The molecule has 0 bridgehead atoms. The van der Waals surface area contributed by atoms with Gasteiger partial charge in [0.1, 0.15) is 5.75 Å². The molecule has 2 aromatic carbocycles. The molecule has 0 aliphatic rings. The van der Waals surface area contributed by atoms with Crippen LogP contribution in [0, 0.1) is 0 Å². The lowest BCUT2D eigenvalue weighted by Gasteiger charge is -2.13. The molecular weight excluding hydrogens is 360 g/mol. The van der Waals surface area contributed by atoms with Gasteiger partial charge in [-0.25, -0.2) is 0 Å². The first-order valence-electron chi connectivity index (χ1n) is 8.71. The molecule has 27 heavy (non-hydrogen) atoms. The molecular formula is C20H22N4O2S. The fraction of sp³-hybridized carbons (Fsp3) is 0.250. The third-order valence-electron chi connectivity index (χ3n) is 3.97. The molecule has 1 amide bonds. The van der Waals surface area contributed by atoms with Crippen LogP contribution in [0.5, 0.6) is 5.75 Å². The third-order valence-corrected chi connectivity index (χ3v) is 4.95. The molecule has 3 aromatic rings. The zero-order valence-corrected chi connectivity index (χ0v) is 16.1. The maximum atomic E-state index is 12.3. The predicted octanol–water partition coefficient (Wildman–Crippen LogP) is 3.48. The van der Waals surface area contributed by atoms with Gasteiger partial charge in [-0.05, 0) is 31.2 Å². The van der Waals surface area contributed by atoms with E-state index in [0.717, 1.165) is 16.7 Å². The summed E-state index contributed by atoms with van der Waals surface area (Å²) in [5, 5.41) is 12.2. The van der Waals surface area contributed by atoms with Crippen LogP contribution in [0.2, 0.25) is 0 Å². The van der Waals surface area contributed by atoms with E-state index in [-0.39, 0.29) is 11.9 Å². The highest BCUT2D eigenvalue weighted by Crippen LogP contribution is 2.19. The van der Waals surface area contributed by atoms with Gasteiger partial charge in [0.05, 0.1) is 12.6 Å². The Balaban J connectivity index is 1.52. The summed E-state index contributed by atoms with van der Waals surface area (Å²) in [5.41, 5.74) is 0.624. The van der Waals surface area contributed by atoms with Crippen LogP contribution in [-0.4, -0.2) is 33.0 Å². The summed E-state index contributed by atoms with van der Waals surface area (Å²) >= 11 is 1.57. The molecule has 6 nitrogen and oxygen atoms in total. The van der Waals surface area contributed by atoms with E-state index in [1.165, 1.54) is 0 Å². The van der Waals surface area contributed by atoms with Crippen molar-refractivity contribution >= 4 is 17.7 Å². The van der Waals surface area contributed by atoms with E-state index in [2.05, 4.69) is 15.5 Å². The molecule has 0 saturated carbocycles. The number of hydrogen-bond acceptors (Lipinski definition) is 5. The second-order valence-corrected chi connectivity index (χ2v) is 7.03. The zero-order valence-electron chi connectivity index (χ0n) is 15.3. The monoisotopic (exact) mass is 382 g/mol. The van der Waals surface area contributed by atoms with E-state index in [1.54, 1.807) is 23.9 Å². The molecule has 1 aromatic heterocycles. The summed E-state index contributed by atoms with van der Waals surface area (Å²) in [5.74, 6) is 2.20. The number of thioether (sulfide) groups is 1. The number of aromatic nitrogens is 3. The maximum Gasteiger partial charge on any atom is 0.251 e. The van der Waals surface area contributed by atoms with Gasteiger partial charge in [-0.3, -0.25) is 4.79 Å². The number of hydrogen-bond donors (Lipinski definition) is 1. The number of rotatable bonds is 8. The Hall–Kier alpha value is -2.80. The minimum absolute atomic E-state index is 0.128. The normalized spacial score (nSPS) is 11.8. The van der Waals surface area contributed by atoms with Crippen LogP contribution in [0.1, 0.15) is 29.1 Å². The minimum atomic E-state index is -0.245. The van der Waals surface area contributed by atoms with Crippen molar-refractivity contribution in [1.29, 1.82) is 0 Å². The largest absolute Gasteiger partial charge is 0.493 e. The van der Waals surface area contributed by atoms with Crippen LogP contribution in [0.15, 0.2) is 65.8 Å². The van der Waals surface area contributed by atoms with Crippen LogP contribution in [0.4, 0.5) is 0 Å². The Labute approximate surface area is 163 Å². The second kappa shape index (κ2) is 9.23. The molecule has 1 heterocycles. The SMILES string of the molecule is C[C@@H](NC(=O)c1ccccc1)c1nnc(SCCOc2ccccc2)n1C. The molecule has 0 spiro atoms. The Morgan fingerprint density at radius 1 is 1.11 bits per heavy atom. The highest BCUT2D eigenvalue weighted by molar-refractivity contribution is 7.99. The average molecular weight is 382 g/mol. The molecule has 140 valence electrons. The van der Waals surface area contributed by atoms with Gasteiger partial charge in [0.15, 0.2) is 11.0 Å². The van der Waals surface area contributed by atoms with Gasteiger partial charge >= 0.3 is 0 Å². The molecule has 0 aliphatic carbocycles. The van der Waals surface area contributed by atoms with E-state index in [1.807, 2.05) is 67.1 Å². The highest BCUT2D eigenvalue weighted by Gasteiger charge is 2.18. The first-order chi connectivity index (χ1) is 13.1. The van der Waals surface area contributed by atoms with E-state index in [4.69, 9.17) is 4.74 Å². The Morgan fingerprint density at radius 3 is 2.48 bits per heavy atom. The van der Waals surface area contributed by atoms with Crippen LogP contribution in [-0.2, 0) is 7.05 Å². The van der Waals surface area contributed by atoms with Crippen LogP contribution < -0.4 is 10.1 Å². The molecule has 3 rings (SSSR count). The molecule has 0 unspecified atom stereocenters. The van der Waals surface area contributed by atoms with E-state index in [9.17, 15) is 4.79 Å². The fourth-order valence-corrected chi connectivity index (χ4v) is 3.31. The number of benzene rings is 2. The number of nitrogens with zero attached hydrogens (tertiary/aromatic N) is 3. The van der Waals surface area contributed by atoms with E-state index >= 15 is 0 Å². The van der Waals surface area contributed by atoms with E-state index in [0.29, 0.717) is 18.0 Å². The van der Waals surface area contributed by atoms with Crippen molar-refractivity contribution < 1.29 is 9.53 Å². The number of para-hydroxylation sites is 1. The van der Waals surface area contributed by atoms with Crippen LogP contribution in [0.3, 0.4) is 0 Å². The summed E-state index contributed by atoms with van der Waals surface area (Å²) in [6.07, 6.45) is 0. The summed E-state index contributed by atoms with van der Waals surface area (Å²) in [4.78, 5) is 12.3. The van der Waals surface area contributed by atoms with Crippen LogP contribution in [0.25, 0.3) is 0 Å². The molecule has 1 N–H and O–H groups in total. The van der Waals surface area contributed by atoms with Gasteiger partial charge in [-0.2, -0.15) is 0 Å². The Kier molecular flexibility index (Phi) is 6.49. The van der Waals surface area contributed by atoms with Crippen molar-refractivity contribution in [3.05, 3.63) is 72.1 Å².